The van der Waals surface area contributed by atoms with Gasteiger partial charge in [-0.25, -0.2) is 0 Å². The number of hydrogen-bond acceptors (Lipinski definition) is 4. The molecule has 0 saturated carbocycles. The van der Waals surface area contributed by atoms with Crippen LogP contribution in [0.2, 0.25) is 0 Å². The Morgan fingerprint density at radius 2 is 1.04 bits per heavy atom. The van der Waals surface area contributed by atoms with E-state index in [1.165, 1.54) is 0 Å². The van der Waals surface area contributed by atoms with Crippen LogP contribution < -0.4 is 0 Å². The molecule has 0 spiro atoms. The van der Waals surface area contributed by atoms with E-state index in [1.54, 1.807) is 6.92 Å². The topological polar surface area (TPSA) is 60.9 Å². The summed E-state index contributed by atoms with van der Waals surface area (Å²) in [4.78, 5) is 43.5. The van der Waals surface area contributed by atoms with Crippen LogP contribution in [0.25, 0.3) is 0 Å². The highest BCUT2D eigenvalue weighted by molar-refractivity contribution is 5.82. The van der Waals surface area contributed by atoms with Crippen molar-refractivity contribution in [2.45, 2.75) is 52.4 Å². The van der Waals surface area contributed by atoms with Crippen molar-refractivity contribution in [2.24, 2.45) is 17.8 Å². The predicted octanol–water partition coefficient (Wildman–Crippen LogP) is 1.78. The van der Waals surface area contributed by atoms with Gasteiger partial charge in [0.15, 0.2) is 0 Å². The van der Waals surface area contributed by atoms with Crippen LogP contribution in [0.5, 0.6) is 0 Å². The molecule has 0 bridgehead atoms. The molecule has 0 unspecified atom stereocenters. The minimum atomic E-state index is 0.0462. The van der Waals surface area contributed by atoms with E-state index >= 15 is 0 Å². The van der Waals surface area contributed by atoms with Crippen LogP contribution in [0.4, 0.5) is 0 Å². The molecule has 3 saturated heterocycles. The van der Waals surface area contributed by atoms with E-state index in [0.717, 1.165) is 58.2 Å². The summed E-state index contributed by atoms with van der Waals surface area (Å²) in [5.74, 6) is 1.14. The molecule has 6 nitrogen and oxygen atoms in total. The predicted molar refractivity (Wildman–Crippen MR) is 104 cm³/mol. The van der Waals surface area contributed by atoms with Gasteiger partial charge in [0, 0.05) is 43.9 Å². The van der Waals surface area contributed by atoms with Crippen LogP contribution >= 0.6 is 0 Å². The van der Waals surface area contributed by atoms with Gasteiger partial charge in [-0.1, -0.05) is 6.92 Å². The second-order valence-electron chi connectivity index (χ2n) is 8.52. The third-order valence-corrected chi connectivity index (χ3v) is 6.92. The zero-order chi connectivity index (χ0) is 19.4. The standard InChI is InChI=1S/C21H35N3O3/c1-3-22-10-4-18(5-11-22)20(26)24-14-8-19(9-15-24)21(27)23-12-6-17(7-13-23)16(2)25/h17-19H,3-15H2,1-2H3. The lowest BCUT2D eigenvalue weighted by molar-refractivity contribution is -0.144. The molecule has 0 aliphatic carbocycles. The van der Waals surface area contributed by atoms with Crippen molar-refractivity contribution in [1.82, 2.24) is 14.7 Å². The summed E-state index contributed by atoms with van der Waals surface area (Å²) in [7, 11) is 0. The molecule has 0 atom stereocenters. The van der Waals surface area contributed by atoms with Crippen LogP contribution in [0.3, 0.4) is 0 Å². The Hall–Kier alpha value is -1.43. The number of likely N-dealkylation sites (tertiary alicyclic amines) is 3. The fourth-order valence-corrected chi connectivity index (χ4v) is 4.87. The van der Waals surface area contributed by atoms with Gasteiger partial charge in [-0.2, -0.15) is 0 Å². The fourth-order valence-electron chi connectivity index (χ4n) is 4.87. The number of hydrogen-bond donors (Lipinski definition) is 0. The van der Waals surface area contributed by atoms with Gasteiger partial charge in [0.25, 0.3) is 0 Å². The maximum atomic E-state index is 12.8. The highest BCUT2D eigenvalue weighted by Crippen LogP contribution is 2.26. The minimum absolute atomic E-state index is 0.0462. The molecule has 0 aromatic carbocycles. The minimum Gasteiger partial charge on any atom is -0.342 e. The number of Topliss-reactive ketones (excluding diaryl/α,β-unsaturated/α-hetero) is 1. The van der Waals surface area contributed by atoms with Crippen LogP contribution in [0.15, 0.2) is 0 Å². The summed E-state index contributed by atoms with van der Waals surface area (Å²) in [6.45, 7) is 9.79. The molecule has 0 aromatic heterocycles. The van der Waals surface area contributed by atoms with Gasteiger partial charge >= 0.3 is 0 Å². The maximum Gasteiger partial charge on any atom is 0.225 e. The molecule has 6 heteroatoms. The number of amides is 2. The van der Waals surface area contributed by atoms with Gasteiger partial charge in [-0.05, 0) is 65.1 Å². The lowest BCUT2D eigenvalue weighted by Gasteiger charge is -2.39. The molecule has 3 fully saturated rings. The highest BCUT2D eigenvalue weighted by Gasteiger charge is 2.35. The van der Waals surface area contributed by atoms with Gasteiger partial charge < -0.3 is 14.7 Å². The number of piperidine rings is 3. The normalized spacial score (nSPS) is 24.2. The van der Waals surface area contributed by atoms with E-state index in [0.29, 0.717) is 32.1 Å². The molecule has 0 N–H and O–H groups in total. The Morgan fingerprint density at radius 3 is 1.41 bits per heavy atom. The van der Waals surface area contributed by atoms with Gasteiger partial charge in [0.05, 0.1) is 0 Å². The van der Waals surface area contributed by atoms with Crippen molar-refractivity contribution in [3.8, 4) is 0 Å². The van der Waals surface area contributed by atoms with Crippen LogP contribution in [-0.4, -0.2) is 78.1 Å². The Bertz CT molecular complexity index is 541. The Morgan fingerprint density at radius 1 is 0.667 bits per heavy atom. The number of ketones is 1. The summed E-state index contributed by atoms with van der Waals surface area (Å²) in [6.07, 6.45) is 5.10. The molecule has 0 aromatic rings. The smallest absolute Gasteiger partial charge is 0.225 e. The van der Waals surface area contributed by atoms with Crippen LogP contribution in [0, 0.1) is 17.8 Å². The van der Waals surface area contributed by atoms with E-state index in [-0.39, 0.29) is 29.4 Å². The van der Waals surface area contributed by atoms with Crippen molar-refractivity contribution in [2.75, 3.05) is 45.8 Å². The van der Waals surface area contributed by atoms with E-state index in [9.17, 15) is 14.4 Å². The number of rotatable bonds is 4. The Kier molecular flexibility index (Phi) is 6.90. The summed E-state index contributed by atoms with van der Waals surface area (Å²) in [5, 5.41) is 0. The second-order valence-corrected chi connectivity index (χ2v) is 8.52. The van der Waals surface area contributed by atoms with Crippen molar-refractivity contribution >= 4 is 17.6 Å². The van der Waals surface area contributed by atoms with Gasteiger partial charge in [0.2, 0.25) is 11.8 Å². The van der Waals surface area contributed by atoms with Gasteiger partial charge in [-0.15, -0.1) is 0 Å². The summed E-state index contributed by atoms with van der Waals surface area (Å²) < 4.78 is 0. The van der Waals surface area contributed by atoms with Gasteiger partial charge in [-0.3, -0.25) is 14.4 Å². The number of carbonyl (C=O) groups excluding carboxylic acids is 3. The molecule has 27 heavy (non-hydrogen) atoms. The molecule has 3 rings (SSSR count). The monoisotopic (exact) mass is 377 g/mol. The Labute approximate surface area is 163 Å². The van der Waals surface area contributed by atoms with E-state index < -0.39 is 0 Å². The molecule has 3 aliphatic heterocycles. The van der Waals surface area contributed by atoms with Gasteiger partial charge in [0.1, 0.15) is 5.78 Å². The molecule has 0 radical (unpaired) electrons. The van der Waals surface area contributed by atoms with Crippen molar-refractivity contribution < 1.29 is 14.4 Å². The zero-order valence-electron chi connectivity index (χ0n) is 17.0. The molecular weight excluding hydrogens is 342 g/mol. The average Bonchev–Trinajstić information content (AvgIpc) is 2.73. The summed E-state index contributed by atoms with van der Waals surface area (Å²) in [5.41, 5.74) is 0. The lowest BCUT2D eigenvalue weighted by Crippen LogP contribution is -2.49. The molecule has 152 valence electrons. The second kappa shape index (κ2) is 9.18. The highest BCUT2D eigenvalue weighted by atomic mass is 16.2. The van der Waals surface area contributed by atoms with Crippen molar-refractivity contribution in [1.29, 1.82) is 0 Å². The first-order valence-corrected chi connectivity index (χ1v) is 10.8. The van der Waals surface area contributed by atoms with Crippen LogP contribution in [-0.2, 0) is 14.4 Å². The fraction of sp³-hybridized carbons (Fsp3) is 0.857. The third kappa shape index (κ3) is 4.89. The largest absolute Gasteiger partial charge is 0.342 e. The number of carbonyl (C=O) groups is 3. The van der Waals surface area contributed by atoms with E-state index in [1.807, 2.05) is 9.80 Å². The number of nitrogens with zero attached hydrogens (tertiary/aromatic N) is 3. The lowest BCUT2D eigenvalue weighted by atomic mass is 9.89. The molecular formula is C21H35N3O3. The summed E-state index contributed by atoms with van der Waals surface area (Å²) in [6, 6.07) is 0. The Balaban J connectivity index is 1.43. The first-order valence-electron chi connectivity index (χ1n) is 10.8. The van der Waals surface area contributed by atoms with E-state index in [2.05, 4.69) is 11.8 Å². The summed E-state index contributed by atoms with van der Waals surface area (Å²) >= 11 is 0. The first kappa shape index (κ1) is 20.3. The van der Waals surface area contributed by atoms with Crippen molar-refractivity contribution in [3.05, 3.63) is 0 Å². The van der Waals surface area contributed by atoms with E-state index in [4.69, 9.17) is 0 Å². The van der Waals surface area contributed by atoms with Crippen LogP contribution in [0.1, 0.15) is 52.4 Å². The zero-order valence-corrected chi connectivity index (χ0v) is 17.0. The van der Waals surface area contributed by atoms with Crippen molar-refractivity contribution in [3.63, 3.8) is 0 Å². The molecule has 3 aliphatic rings. The SMILES string of the molecule is CCN1CCC(C(=O)N2CCC(C(=O)N3CCC(C(C)=O)CC3)CC2)CC1. The third-order valence-electron chi connectivity index (χ3n) is 6.92. The maximum absolute atomic E-state index is 12.8. The molecule has 2 amide bonds. The average molecular weight is 378 g/mol. The first-order chi connectivity index (χ1) is 13.0. The quantitative estimate of drug-likeness (QED) is 0.749. The molecule has 3 heterocycles.